The monoisotopic (exact) mass is 223 g/mol. The van der Waals surface area contributed by atoms with Crippen molar-refractivity contribution in [3.05, 3.63) is 12.7 Å². The smallest absolute Gasteiger partial charge is 0.311 e. The van der Waals surface area contributed by atoms with Crippen molar-refractivity contribution in [3.8, 4) is 0 Å². The lowest BCUT2D eigenvalue weighted by molar-refractivity contribution is -0.147. The quantitative estimate of drug-likeness (QED) is 0.515. The Morgan fingerprint density at radius 3 is 2.94 bits per heavy atom. The molecule has 1 atom stereocenters. The second-order valence-electron chi connectivity index (χ2n) is 4.56. The average Bonchev–Trinajstić information content (AvgIpc) is 3.00. The summed E-state index contributed by atoms with van der Waals surface area (Å²) in [5.74, 6) is 0.220. The first-order valence-electron chi connectivity index (χ1n) is 5.76. The number of hydrogen-bond donors (Lipinski definition) is 0. The summed E-state index contributed by atoms with van der Waals surface area (Å²) in [6.45, 7) is 5.07. The number of carbonyl (C=O) groups is 2. The Kier molecular flexibility index (Phi) is 3.27. The summed E-state index contributed by atoms with van der Waals surface area (Å²) in [4.78, 5) is 25.0. The average molecular weight is 223 g/mol. The van der Waals surface area contributed by atoms with Crippen molar-refractivity contribution in [2.75, 3.05) is 19.7 Å². The molecular formula is C12H17NO3. The zero-order valence-corrected chi connectivity index (χ0v) is 9.35. The Morgan fingerprint density at radius 1 is 1.56 bits per heavy atom. The Bertz CT molecular complexity index is 309. The predicted octanol–water partition coefficient (Wildman–Crippen LogP) is 0.974. The SMILES string of the molecule is C=CCOC(=O)C1CC(=O)N(CC2CC2)C1. The molecule has 1 saturated carbocycles. The van der Waals surface area contributed by atoms with Gasteiger partial charge in [0.05, 0.1) is 5.92 Å². The summed E-state index contributed by atoms with van der Waals surface area (Å²) in [5, 5.41) is 0. The van der Waals surface area contributed by atoms with Crippen LogP contribution in [0.5, 0.6) is 0 Å². The first-order valence-corrected chi connectivity index (χ1v) is 5.76. The molecule has 2 fully saturated rings. The molecule has 0 aromatic rings. The number of likely N-dealkylation sites (tertiary alicyclic amines) is 1. The zero-order valence-electron chi connectivity index (χ0n) is 9.35. The van der Waals surface area contributed by atoms with Crippen LogP contribution in [-0.4, -0.2) is 36.5 Å². The maximum Gasteiger partial charge on any atom is 0.311 e. The van der Waals surface area contributed by atoms with E-state index in [2.05, 4.69) is 6.58 Å². The lowest BCUT2D eigenvalue weighted by atomic mass is 10.1. The van der Waals surface area contributed by atoms with E-state index in [9.17, 15) is 9.59 Å². The van der Waals surface area contributed by atoms with Crippen LogP contribution in [0.25, 0.3) is 0 Å². The van der Waals surface area contributed by atoms with Crippen molar-refractivity contribution in [3.63, 3.8) is 0 Å². The van der Waals surface area contributed by atoms with Gasteiger partial charge in [-0.2, -0.15) is 0 Å². The molecule has 4 nitrogen and oxygen atoms in total. The molecule has 4 heteroatoms. The van der Waals surface area contributed by atoms with Gasteiger partial charge in [0.15, 0.2) is 0 Å². The van der Waals surface area contributed by atoms with E-state index < -0.39 is 0 Å². The molecule has 88 valence electrons. The molecular weight excluding hydrogens is 206 g/mol. The summed E-state index contributed by atoms with van der Waals surface area (Å²) >= 11 is 0. The molecule has 2 rings (SSSR count). The van der Waals surface area contributed by atoms with E-state index in [-0.39, 0.29) is 24.4 Å². The van der Waals surface area contributed by atoms with Gasteiger partial charge in [-0.05, 0) is 18.8 Å². The van der Waals surface area contributed by atoms with E-state index in [4.69, 9.17) is 4.74 Å². The van der Waals surface area contributed by atoms with Gasteiger partial charge in [0.1, 0.15) is 6.61 Å². The number of amides is 1. The van der Waals surface area contributed by atoms with Crippen LogP contribution < -0.4 is 0 Å². The summed E-state index contributed by atoms with van der Waals surface area (Å²) in [7, 11) is 0. The molecule has 1 amide bonds. The zero-order chi connectivity index (χ0) is 11.5. The largest absolute Gasteiger partial charge is 0.461 e. The molecule has 0 spiro atoms. The Hall–Kier alpha value is -1.32. The van der Waals surface area contributed by atoms with Crippen molar-refractivity contribution in [1.29, 1.82) is 0 Å². The molecule has 1 unspecified atom stereocenters. The van der Waals surface area contributed by atoms with Gasteiger partial charge in [0.25, 0.3) is 0 Å². The highest BCUT2D eigenvalue weighted by Gasteiger charge is 2.37. The van der Waals surface area contributed by atoms with Crippen LogP contribution in [0, 0.1) is 11.8 Å². The van der Waals surface area contributed by atoms with E-state index in [0.717, 1.165) is 6.54 Å². The molecule has 1 saturated heterocycles. The van der Waals surface area contributed by atoms with Crippen LogP contribution in [0.4, 0.5) is 0 Å². The molecule has 0 N–H and O–H groups in total. The standard InChI is InChI=1S/C12H17NO3/c1-2-5-16-12(15)10-6-11(14)13(8-10)7-9-3-4-9/h2,9-10H,1,3-8H2. The minimum atomic E-state index is -0.272. The van der Waals surface area contributed by atoms with Crippen molar-refractivity contribution < 1.29 is 14.3 Å². The topological polar surface area (TPSA) is 46.6 Å². The Balaban J connectivity index is 1.81. The van der Waals surface area contributed by atoms with E-state index in [0.29, 0.717) is 18.9 Å². The number of esters is 1. The van der Waals surface area contributed by atoms with Crippen LogP contribution in [0.2, 0.25) is 0 Å². The molecule has 2 aliphatic rings. The van der Waals surface area contributed by atoms with E-state index in [1.165, 1.54) is 18.9 Å². The summed E-state index contributed by atoms with van der Waals surface area (Å²) < 4.78 is 4.96. The van der Waals surface area contributed by atoms with Crippen LogP contribution in [0.1, 0.15) is 19.3 Å². The molecule has 16 heavy (non-hydrogen) atoms. The highest BCUT2D eigenvalue weighted by atomic mass is 16.5. The molecule has 0 aromatic carbocycles. The van der Waals surface area contributed by atoms with Gasteiger partial charge < -0.3 is 9.64 Å². The van der Waals surface area contributed by atoms with Crippen LogP contribution in [-0.2, 0) is 14.3 Å². The Labute approximate surface area is 95.2 Å². The number of rotatable bonds is 5. The fourth-order valence-corrected chi connectivity index (χ4v) is 1.98. The number of carbonyl (C=O) groups excluding carboxylic acids is 2. The van der Waals surface area contributed by atoms with Gasteiger partial charge in [-0.3, -0.25) is 9.59 Å². The minimum Gasteiger partial charge on any atom is -0.461 e. The second-order valence-corrected chi connectivity index (χ2v) is 4.56. The first kappa shape index (κ1) is 11.2. The third kappa shape index (κ3) is 2.62. The van der Waals surface area contributed by atoms with E-state index in [1.54, 1.807) is 4.90 Å². The van der Waals surface area contributed by atoms with Crippen LogP contribution in [0.15, 0.2) is 12.7 Å². The lowest BCUT2D eigenvalue weighted by Crippen LogP contribution is -2.28. The third-order valence-electron chi connectivity index (χ3n) is 3.07. The maximum atomic E-state index is 11.6. The summed E-state index contributed by atoms with van der Waals surface area (Å²) in [6.07, 6.45) is 4.28. The van der Waals surface area contributed by atoms with Gasteiger partial charge >= 0.3 is 5.97 Å². The van der Waals surface area contributed by atoms with Gasteiger partial charge in [-0.1, -0.05) is 12.7 Å². The molecule has 1 aliphatic heterocycles. The fraction of sp³-hybridized carbons (Fsp3) is 0.667. The van der Waals surface area contributed by atoms with E-state index in [1.807, 2.05) is 0 Å². The lowest BCUT2D eigenvalue weighted by Gasteiger charge is -2.15. The van der Waals surface area contributed by atoms with Gasteiger partial charge in [-0.15, -0.1) is 0 Å². The molecule has 0 bridgehead atoms. The fourth-order valence-electron chi connectivity index (χ4n) is 1.98. The minimum absolute atomic E-state index is 0.0902. The van der Waals surface area contributed by atoms with Gasteiger partial charge in [0.2, 0.25) is 5.91 Å². The Morgan fingerprint density at radius 2 is 2.31 bits per heavy atom. The first-order chi connectivity index (χ1) is 7.70. The van der Waals surface area contributed by atoms with Crippen molar-refractivity contribution in [1.82, 2.24) is 4.90 Å². The third-order valence-corrected chi connectivity index (χ3v) is 3.07. The maximum absolute atomic E-state index is 11.6. The number of hydrogen-bond acceptors (Lipinski definition) is 3. The predicted molar refractivity (Wildman–Crippen MR) is 58.6 cm³/mol. The molecule has 0 aromatic heterocycles. The molecule has 1 heterocycles. The van der Waals surface area contributed by atoms with Crippen LogP contribution >= 0.6 is 0 Å². The van der Waals surface area contributed by atoms with Gasteiger partial charge in [0, 0.05) is 19.5 Å². The highest BCUT2D eigenvalue weighted by Crippen LogP contribution is 2.32. The van der Waals surface area contributed by atoms with Crippen molar-refractivity contribution in [2.24, 2.45) is 11.8 Å². The molecule has 0 radical (unpaired) electrons. The summed E-state index contributed by atoms with van der Waals surface area (Å²) in [5.41, 5.74) is 0. The summed E-state index contributed by atoms with van der Waals surface area (Å²) in [6, 6.07) is 0. The normalized spacial score (nSPS) is 24.6. The second kappa shape index (κ2) is 4.68. The molecule has 1 aliphatic carbocycles. The van der Waals surface area contributed by atoms with E-state index >= 15 is 0 Å². The number of nitrogens with zero attached hydrogens (tertiary/aromatic N) is 1. The highest BCUT2D eigenvalue weighted by molar-refractivity contribution is 5.86. The van der Waals surface area contributed by atoms with Gasteiger partial charge in [-0.25, -0.2) is 0 Å². The van der Waals surface area contributed by atoms with Crippen molar-refractivity contribution >= 4 is 11.9 Å². The number of ether oxygens (including phenoxy) is 1. The van der Waals surface area contributed by atoms with Crippen LogP contribution in [0.3, 0.4) is 0 Å². The van der Waals surface area contributed by atoms with Crippen molar-refractivity contribution in [2.45, 2.75) is 19.3 Å².